The van der Waals surface area contributed by atoms with Crippen LogP contribution < -0.4 is 10.2 Å². The Morgan fingerprint density at radius 3 is 2.17 bits per heavy atom. The number of anilines is 2. The zero-order valence-electron chi connectivity index (χ0n) is 14.2. The van der Waals surface area contributed by atoms with E-state index in [1.807, 2.05) is 0 Å². The van der Waals surface area contributed by atoms with Crippen LogP contribution >= 0.6 is 23.2 Å². The molecule has 0 bridgehead atoms. The second kappa shape index (κ2) is 6.05. The second-order valence-corrected chi connectivity index (χ2v) is 10.2. The number of halogens is 2. The van der Waals surface area contributed by atoms with Crippen molar-refractivity contribution >= 4 is 50.5 Å². The summed E-state index contributed by atoms with van der Waals surface area (Å²) in [6, 6.07) is 4.60. The molecule has 0 radical (unpaired) electrons. The summed E-state index contributed by atoms with van der Waals surface area (Å²) in [5.74, 6) is -0.338. The molecule has 1 atom stereocenters. The molecule has 2 rings (SSSR count). The first-order valence-corrected chi connectivity index (χ1v) is 9.46. The molecule has 1 saturated carbocycles. The monoisotopic (exact) mass is 393 g/mol. The van der Waals surface area contributed by atoms with E-state index >= 15 is 0 Å². The van der Waals surface area contributed by atoms with E-state index in [0.29, 0.717) is 17.8 Å². The third-order valence-electron chi connectivity index (χ3n) is 4.24. The third kappa shape index (κ3) is 3.22. The normalized spacial score (nSPS) is 22.3. The zero-order valence-corrected chi connectivity index (χ0v) is 16.6. The maximum absolute atomic E-state index is 12.5. The summed E-state index contributed by atoms with van der Waals surface area (Å²) in [5.41, 5.74) is 0.182. The topological polar surface area (TPSA) is 69.7 Å². The van der Waals surface area contributed by atoms with Gasteiger partial charge in [-0.25, -0.2) is 12.7 Å². The number of hydrogen-bond donors (Lipinski definition) is 1. The molecule has 0 saturated heterocycles. The minimum Gasteiger partial charge on any atom is -0.376 e. The lowest BCUT2D eigenvalue weighted by Gasteiger charge is -2.21. The maximum Gasteiger partial charge on any atom is 0.242 e. The average Bonchev–Trinajstić information content (AvgIpc) is 2.98. The fourth-order valence-corrected chi connectivity index (χ4v) is 3.92. The van der Waals surface area contributed by atoms with Crippen LogP contribution in [0.5, 0.6) is 0 Å². The highest BCUT2D eigenvalue weighted by atomic mass is 35.5. The van der Waals surface area contributed by atoms with E-state index in [1.54, 1.807) is 32.0 Å². The van der Waals surface area contributed by atoms with Gasteiger partial charge in [-0.15, -0.1) is 23.2 Å². The maximum atomic E-state index is 12.5. The molecule has 1 fully saturated rings. The molecule has 1 amide bonds. The molecule has 6 nitrogen and oxygen atoms in total. The first-order valence-electron chi connectivity index (χ1n) is 7.26. The van der Waals surface area contributed by atoms with Crippen molar-refractivity contribution in [3.8, 4) is 0 Å². The molecule has 1 aliphatic rings. The first kappa shape index (κ1) is 19.3. The van der Waals surface area contributed by atoms with Crippen LogP contribution in [0.25, 0.3) is 0 Å². The van der Waals surface area contributed by atoms with Crippen molar-refractivity contribution < 1.29 is 13.2 Å². The molecule has 0 spiro atoms. The standard InChI is InChI=1S/C15H21Cl2N3O3S/c1-14(9-15(14,16)17)13(21)18-11-8-10(24(22,23)20(4)5)6-7-12(11)19(2)3/h6-8H,9H2,1-5H3,(H,18,21)/t14-/m0/s1. The summed E-state index contributed by atoms with van der Waals surface area (Å²) >= 11 is 12.1. The third-order valence-corrected chi connectivity index (χ3v) is 7.15. The lowest BCUT2D eigenvalue weighted by atomic mass is 10.1. The number of benzene rings is 1. The van der Waals surface area contributed by atoms with Crippen molar-refractivity contribution in [2.45, 2.75) is 22.6 Å². The molecular weight excluding hydrogens is 373 g/mol. The fraction of sp³-hybridized carbons (Fsp3) is 0.533. The summed E-state index contributed by atoms with van der Waals surface area (Å²) in [5, 5.41) is 2.77. The van der Waals surface area contributed by atoms with Gasteiger partial charge in [-0.05, 0) is 31.5 Å². The minimum absolute atomic E-state index is 0.0948. The van der Waals surface area contributed by atoms with Gasteiger partial charge in [-0.2, -0.15) is 0 Å². The summed E-state index contributed by atoms with van der Waals surface area (Å²) in [7, 11) is 2.90. The number of rotatable bonds is 5. The Morgan fingerprint density at radius 1 is 1.21 bits per heavy atom. The number of nitrogens with zero attached hydrogens (tertiary/aromatic N) is 2. The van der Waals surface area contributed by atoms with E-state index in [4.69, 9.17) is 23.2 Å². The van der Waals surface area contributed by atoms with Crippen LogP contribution in [0, 0.1) is 5.41 Å². The number of carbonyl (C=O) groups is 1. The Bertz CT molecular complexity index is 778. The van der Waals surface area contributed by atoms with Crippen LogP contribution in [-0.4, -0.2) is 51.2 Å². The summed E-state index contributed by atoms with van der Waals surface area (Å²) < 4.78 is 24.7. The summed E-state index contributed by atoms with van der Waals surface area (Å²) in [4.78, 5) is 14.4. The molecular formula is C15H21Cl2N3O3S. The van der Waals surface area contributed by atoms with Crippen LogP contribution in [0.2, 0.25) is 0 Å². The van der Waals surface area contributed by atoms with Gasteiger partial charge in [0.25, 0.3) is 0 Å². The van der Waals surface area contributed by atoms with Crippen molar-refractivity contribution in [1.82, 2.24) is 4.31 Å². The summed E-state index contributed by atoms with van der Waals surface area (Å²) in [6.07, 6.45) is 0.349. The van der Waals surface area contributed by atoms with Gasteiger partial charge in [0.2, 0.25) is 15.9 Å². The van der Waals surface area contributed by atoms with E-state index < -0.39 is 19.8 Å². The van der Waals surface area contributed by atoms with E-state index in [9.17, 15) is 13.2 Å². The number of alkyl halides is 2. The average molecular weight is 394 g/mol. The molecule has 1 aliphatic carbocycles. The molecule has 1 aromatic carbocycles. The van der Waals surface area contributed by atoms with Crippen LogP contribution in [0.3, 0.4) is 0 Å². The number of carbonyl (C=O) groups excluding carboxylic acids is 1. The smallest absolute Gasteiger partial charge is 0.242 e. The highest BCUT2D eigenvalue weighted by Gasteiger charge is 2.67. The van der Waals surface area contributed by atoms with Gasteiger partial charge in [0, 0.05) is 28.2 Å². The minimum atomic E-state index is -3.61. The van der Waals surface area contributed by atoms with Gasteiger partial charge in [0.05, 0.1) is 21.7 Å². The largest absolute Gasteiger partial charge is 0.376 e. The van der Waals surface area contributed by atoms with Crippen LogP contribution in [0.1, 0.15) is 13.3 Å². The highest BCUT2D eigenvalue weighted by Crippen LogP contribution is 2.64. The van der Waals surface area contributed by atoms with Crippen LogP contribution in [0.15, 0.2) is 23.1 Å². The summed E-state index contributed by atoms with van der Waals surface area (Å²) in [6.45, 7) is 1.68. The van der Waals surface area contributed by atoms with Gasteiger partial charge in [-0.1, -0.05) is 0 Å². The number of hydrogen-bond acceptors (Lipinski definition) is 4. The van der Waals surface area contributed by atoms with Gasteiger partial charge in [0.1, 0.15) is 4.33 Å². The first-order chi connectivity index (χ1) is 10.8. The van der Waals surface area contributed by atoms with E-state index in [0.717, 1.165) is 4.31 Å². The molecule has 0 aliphatic heterocycles. The van der Waals surface area contributed by atoms with Crippen molar-refractivity contribution in [3.05, 3.63) is 18.2 Å². The van der Waals surface area contributed by atoms with Crippen molar-refractivity contribution in [1.29, 1.82) is 0 Å². The Balaban J connectivity index is 2.42. The van der Waals surface area contributed by atoms with Gasteiger partial charge >= 0.3 is 0 Å². The molecule has 134 valence electrons. The van der Waals surface area contributed by atoms with Gasteiger partial charge in [-0.3, -0.25) is 4.79 Å². The van der Waals surface area contributed by atoms with Crippen LogP contribution in [-0.2, 0) is 14.8 Å². The molecule has 1 N–H and O–H groups in total. The molecule has 9 heteroatoms. The molecule has 0 unspecified atom stereocenters. The van der Waals surface area contributed by atoms with Crippen LogP contribution in [0.4, 0.5) is 11.4 Å². The highest BCUT2D eigenvalue weighted by molar-refractivity contribution is 7.89. The van der Waals surface area contributed by atoms with Gasteiger partial charge in [0.15, 0.2) is 0 Å². The number of amides is 1. The van der Waals surface area contributed by atoms with E-state index in [-0.39, 0.29) is 10.8 Å². The quantitative estimate of drug-likeness (QED) is 0.780. The van der Waals surface area contributed by atoms with Crippen molar-refractivity contribution in [2.75, 3.05) is 38.4 Å². The number of sulfonamides is 1. The lowest BCUT2D eigenvalue weighted by Crippen LogP contribution is -2.27. The Kier molecular flexibility index (Phi) is 4.87. The Hall–Kier alpha value is -1.02. The van der Waals surface area contributed by atoms with E-state index in [2.05, 4.69) is 5.32 Å². The van der Waals surface area contributed by atoms with E-state index in [1.165, 1.54) is 26.2 Å². The number of nitrogens with one attached hydrogen (secondary N) is 1. The SMILES string of the molecule is CN(C)c1ccc(S(=O)(=O)N(C)C)cc1NC(=O)[C@]1(C)CC1(Cl)Cl. The molecule has 0 heterocycles. The predicted molar refractivity (Wildman–Crippen MR) is 97.4 cm³/mol. The Labute approximate surface area is 152 Å². The fourth-order valence-electron chi connectivity index (χ4n) is 2.28. The molecule has 24 heavy (non-hydrogen) atoms. The van der Waals surface area contributed by atoms with Crippen molar-refractivity contribution in [2.24, 2.45) is 5.41 Å². The van der Waals surface area contributed by atoms with Gasteiger partial charge < -0.3 is 10.2 Å². The van der Waals surface area contributed by atoms with Crippen molar-refractivity contribution in [3.63, 3.8) is 0 Å². The molecule has 0 aromatic heterocycles. The second-order valence-electron chi connectivity index (χ2n) is 6.53. The lowest BCUT2D eigenvalue weighted by molar-refractivity contribution is -0.120. The predicted octanol–water partition coefficient (Wildman–Crippen LogP) is 2.53. The molecule has 1 aromatic rings. The zero-order chi connectivity index (χ0) is 18.5. The Morgan fingerprint density at radius 2 is 1.75 bits per heavy atom.